The summed E-state index contributed by atoms with van der Waals surface area (Å²) in [6.45, 7) is 0.863. The van der Waals surface area contributed by atoms with Gasteiger partial charge in [0.2, 0.25) is 0 Å². The van der Waals surface area contributed by atoms with Gasteiger partial charge in [-0.3, -0.25) is 8.18 Å². The van der Waals surface area contributed by atoms with E-state index in [1.54, 1.807) is 25.4 Å². The Morgan fingerprint density at radius 2 is 2.10 bits per heavy atom. The summed E-state index contributed by atoms with van der Waals surface area (Å²) >= 11 is -2.29. The largest absolute Gasteiger partial charge is 0.755 e. The summed E-state index contributed by atoms with van der Waals surface area (Å²) in [7, 11) is 5.58. The minimum atomic E-state index is -2.29. The van der Waals surface area contributed by atoms with Crippen LogP contribution in [0.4, 0.5) is 0 Å². The third-order valence-electron chi connectivity index (χ3n) is 3.05. The first-order chi connectivity index (χ1) is 9.02. The molecule has 5 nitrogen and oxygen atoms in total. The number of aromatic nitrogens is 1. The van der Waals surface area contributed by atoms with Crippen molar-refractivity contribution in [1.82, 2.24) is 8.87 Å². The third kappa shape index (κ3) is 3.96. The molecule has 2 aromatic rings. The Hall–Kier alpha value is -0.110. The van der Waals surface area contributed by atoms with Crippen molar-refractivity contribution >= 4 is 22.2 Å². The van der Waals surface area contributed by atoms with E-state index >= 15 is 0 Å². The van der Waals surface area contributed by atoms with Gasteiger partial charge in [0.25, 0.3) is 0 Å². The predicted molar refractivity (Wildman–Crippen MR) is 75.1 cm³/mol. The smallest absolute Gasteiger partial charge is 0.119 e. The van der Waals surface area contributed by atoms with Gasteiger partial charge in [-0.1, -0.05) is 0 Å². The molecule has 0 N–H and O–H groups in total. The Morgan fingerprint density at radius 1 is 1.40 bits per heavy atom. The second-order valence-electron chi connectivity index (χ2n) is 4.63. The van der Waals surface area contributed by atoms with Crippen molar-refractivity contribution in [1.29, 1.82) is 0 Å². The number of ether oxygens (including phenoxy) is 1. The van der Waals surface area contributed by atoms with Crippen molar-refractivity contribution in [3.8, 4) is 5.75 Å². The molecule has 0 amide bonds. The maximum Gasteiger partial charge on any atom is 0.119 e. The molecule has 0 bridgehead atoms. The zero-order valence-electron chi connectivity index (χ0n) is 11.6. The van der Waals surface area contributed by atoms with Crippen molar-refractivity contribution in [2.24, 2.45) is 0 Å². The maximum absolute atomic E-state index is 11.2. The van der Waals surface area contributed by atoms with Gasteiger partial charge < -0.3 is 14.2 Å². The molecule has 0 aliphatic carbocycles. The minimum Gasteiger partial charge on any atom is -0.755 e. The molecule has 112 valence electrons. The summed E-state index contributed by atoms with van der Waals surface area (Å²) in [5.74, 6) is 0.730. The average Bonchev–Trinajstić information content (AvgIpc) is 2.74. The van der Waals surface area contributed by atoms with Crippen LogP contribution in [0.25, 0.3) is 10.9 Å². The van der Waals surface area contributed by atoms with Crippen LogP contribution in [0.3, 0.4) is 0 Å². The van der Waals surface area contributed by atoms with Gasteiger partial charge in [0, 0.05) is 55.9 Å². The SMILES string of the molecule is COc1ccc2c(c1)c(CCN(C)C)cn2S(=O)[O-].[Ar]. The fraction of sp³-hybridized carbons (Fsp3) is 0.385. The van der Waals surface area contributed by atoms with E-state index in [1.165, 1.54) is 3.97 Å². The second kappa shape index (κ2) is 7.77. The summed E-state index contributed by atoms with van der Waals surface area (Å²) < 4.78 is 28.9. The van der Waals surface area contributed by atoms with Crippen LogP contribution in [0, 0.1) is 37.7 Å². The molecule has 0 saturated heterocycles. The third-order valence-corrected chi connectivity index (χ3v) is 3.67. The molecule has 1 heterocycles. The Labute approximate surface area is 151 Å². The Bertz CT molecular complexity index is 613. The molecule has 0 aliphatic rings. The van der Waals surface area contributed by atoms with Crippen LogP contribution in [0.5, 0.6) is 5.75 Å². The Kier molecular flexibility index (Phi) is 6.97. The molecule has 0 aliphatic heterocycles. The molecule has 2 rings (SSSR count). The van der Waals surface area contributed by atoms with Crippen molar-refractivity contribution < 1.29 is 51.2 Å². The molecular formula is C13H17ArN2O3S-. The summed E-state index contributed by atoms with van der Waals surface area (Å²) in [5.41, 5.74) is 1.69. The fourth-order valence-electron chi connectivity index (χ4n) is 2.04. The molecule has 1 aromatic heterocycles. The second-order valence-corrected chi connectivity index (χ2v) is 5.46. The van der Waals surface area contributed by atoms with Crippen LogP contribution in [0.15, 0.2) is 24.4 Å². The van der Waals surface area contributed by atoms with E-state index in [9.17, 15) is 8.76 Å². The first kappa shape index (κ1) is 17.9. The number of nitrogens with zero attached hydrogens (tertiary/aromatic N) is 2. The van der Waals surface area contributed by atoms with Crippen LogP contribution >= 0.6 is 0 Å². The summed E-state index contributed by atoms with van der Waals surface area (Å²) in [6.07, 6.45) is 2.47. The normalized spacial score (nSPS) is 12.4. The molecule has 20 heavy (non-hydrogen) atoms. The minimum absolute atomic E-state index is 0. The average molecular weight is 321 g/mol. The predicted octanol–water partition coefficient (Wildman–Crippen LogP) is 1.40. The molecule has 0 fully saturated rings. The Morgan fingerprint density at radius 3 is 2.65 bits per heavy atom. The fourth-order valence-corrected chi connectivity index (χ4v) is 2.57. The summed E-state index contributed by atoms with van der Waals surface area (Å²) in [6, 6.07) is 5.41. The number of methoxy groups -OCH3 is 1. The number of hydrogen-bond donors (Lipinski definition) is 0. The quantitative estimate of drug-likeness (QED) is 0.781. The molecule has 0 radical (unpaired) electrons. The zero-order chi connectivity index (χ0) is 14.0. The van der Waals surface area contributed by atoms with Crippen LogP contribution in [0.1, 0.15) is 5.56 Å². The number of rotatable bonds is 5. The zero-order valence-corrected chi connectivity index (χ0v) is 13.1. The van der Waals surface area contributed by atoms with Gasteiger partial charge in [-0.05, 0) is 44.3 Å². The molecule has 1 aromatic carbocycles. The van der Waals surface area contributed by atoms with Gasteiger partial charge in [-0.25, -0.2) is 0 Å². The molecule has 0 spiro atoms. The number of hydrogen-bond acceptors (Lipinski definition) is 4. The maximum atomic E-state index is 11.2. The van der Waals surface area contributed by atoms with Crippen molar-refractivity contribution in [3.63, 3.8) is 0 Å². The summed E-state index contributed by atoms with van der Waals surface area (Å²) in [5, 5.41) is 0.922. The van der Waals surface area contributed by atoms with Crippen LogP contribution < -0.4 is 4.74 Å². The van der Waals surface area contributed by atoms with Crippen LogP contribution in [-0.2, 0) is 17.7 Å². The van der Waals surface area contributed by atoms with Gasteiger partial charge in [-0.2, -0.15) is 0 Å². The van der Waals surface area contributed by atoms with Crippen LogP contribution in [-0.4, -0.2) is 45.4 Å². The Balaban J connectivity index is 0.00000200. The summed E-state index contributed by atoms with van der Waals surface area (Å²) in [4.78, 5) is 2.07. The van der Waals surface area contributed by atoms with Gasteiger partial charge in [0.15, 0.2) is 0 Å². The van der Waals surface area contributed by atoms with E-state index in [-0.39, 0.29) is 37.7 Å². The van der Waals surface area contributed by atoms with Crippen molar-refractivity contribution in [2.45, 2.75) is 6.42 Å². The van der Waals surface area contributed by atoms with Crippen molar-refractivity contribution in [3.05, 3.63) is 30.0 Å². The van der Waals surface area contributed by atoms with Gasteiger partial charge in [0.05, 0.1) is 23.9 Å². The molecular weight excluding hydrogens is 304 g/mol. The van der Waals surface area contributed by atoms with E-state index in [2.05, 4.69) is 4.90 Å². The monoisotopic (exact) mass is 321 g/mol. The number of likely N-dealkylation sites (N-methyl/N-ethyl adjacent to an activating group) is 1. The van der Waals surface area contributed by atoms with E-state index in [1.807, 2.05) is 20.2 Å². The molecule has 7 heteroatoms. The first-order valence-electron chi connectivity index (χ1n) is 5.95. The number of fused-ring (bicyclic) bond motifs is 1. The van der Waals surface area contributed by atoms with E-state index in [0.717, 1.165) is 29.7 Å². The molecule has 1 unspecified atom stereocenters. The molecule has 1 atom stereocenters. The number of benzene rings is 1. The van der Waals surface area contributed by atoms with Crippen molar-refractivity contribution in [2.75, 3.05) is 27.7 Å². The topological polar surface area (TPSA) is 57.5 Å². The van der Waals surface area contributed by atoms with E-state index in [4.69, 9.17) is 4.74 Å². The van der Waals surface area contributed by atoms with Crippen LogP contribution in [0.2, 0.25) is 0 Å². The molecule has 0 saturated carbocycles. The first-order valence-corrected chi connectivity index (χ1v) is 6.98. The van der Waals surface area contributed by atoms with Gasteiger partial charge in [0.1, 0.15) is 5.75 Å². The van der Waals surface area contributed by atoms with E-state index < -0.39 is 11.3 Å². The van der Waals surface area contributed by atoms with Gasteiger partial charge in [-0.15, -0.1) is 0 Å². The standard InChI is InChI=1S/C13H18N2O3S.Ar/c1-14(2)7-6-10-9-15(19(16)17)13-5-4-11(18-3)8-12(10)13;/h4-5,8-9H,6-7H2,1-3H3,(H,16,17);/p-1. The van der Waals surface area contributed by atoms with Gasteiger partial charge >= 0.3 is 0 Å². The van der Waals surface area contributed by atoms with E-state index in [0.29, 0.717) is 5.52 Å².